The van der Waals surface area contributed by atoms with Crippen LogP contribution in [0.3, 0.4) is 0 Å². The van der Waals surface area contributed by atoms with Gasteiger partial charge in [-0.05, 0) is 56.2 Å². The number of esters is 2. The lowest BCUT2D eigenvalue weighted by Gasteiger charge is -2.13. The minimum atomic E-state index is -0.626. The molecule has 1 aliphatic carbocycles. The number of hydrogen-bond acceptors (Lipinski definition) is 7. The van der Waals surface area contributed by atoms with Gasteiger partial charge in [0.15, 0.2) is 5.11 Å². The third-order valence-corrected chi connectivity index (χ3v) is 4.39. The van der Waals surface area contributed by atoms with Crippen molar-refractivity contribution in [3.8, 4) is 5.75 Å². The summed E-state index contributed by atoms with van der Waals surface area (Å²) in [6.07, 6.45) is 2.25. The van der Waals surface area contributed by atoms with E-state index in [1.54, 1.807) is 6.92 Å². The van der Waals surface area contributed by atoms with Crippen molar-refractivity contribution in [2.24, 2.45) is 10.8 Å². The number of furan rings is 1. The van der Waals surface area contributed by atoms with Crippen LogP contribution in [0.4, 0.5) is 0 Å². The van der Waals surface area contributed by atoms with Gasteiger partial charge in [0.25, 0.3) is 0 Å². The lowest BCUT2D eigenvalue weighted by molar-refractivity contribution is 0.0600. The van der Waals surface area contributed by atoms with Gasteiger partial charge in [0.05, 0.1) is 18.4 Å². The topological polar surface area (TPSA) is 116 Å². The Labute approximate surface area is 166 Å². The smallest absolute Gasteiger partial charge is 0.379 e. The van der Waals surface area contributed by atoms with E-state index in [-0.39, 0.29) is 16.6 Å². The average molecular weight is 401 g/mol. The monoisotopic (exact) mass is 401 g/mol. The van der Waals surface area contributed by atoms with Crippen LogP contribution in [0, 0.1) is 6.92 Å². The largest absolute Gasteiger partial charge is 0.465 e. The van der Waals surface area contributed by atoms with Crippen LogP contribution in [0.5, 0.6) is 5.75 Å². The predicted octanol–water partition coefficient (Wildman–Crippen LogP) is 2.47. The predicted molar refractivity (Wildman–Crippen MR) is 106 cm³/mol. The maximum absolute atomic E-state index is 12.6. The summed E-state index contributed by atoms with van der Waals surface area (Å²) >= 11 is 4.78. The molecule has 0 saturated heterocycles. The standard InChI is InChI=1S/C19H19N3O5S/c1-10-15-13(21-22-19(20)28)4-3-5-14(15)27-16(10)18(24)26-12-8-6-11(7-9-12)17(23)25-2/h6-9H,3-5H2,1-2H3,(H3,20,22,28)/b21-13+. The van der Waals surface area contributed by atoms with Gasteiger partial charge in [-0.1, -0.05) is 0 Å². The summed E-state index contributed by atoms with van der Waals surface area (Å²) in [6, 6.07) is 6.06. The molecule has 0 fully saturated rings. The number of nitrogens with zero attached hydrogens (tertiary/aromatic N) is 1. The molecule has 8 nitrogen and oxygen atoms in total. The first-order valence-electron chi connectivity index (χ1n) is 8.56. The van der Waals surface area contributed by atoms with Gasteiger partial charge in [-0.25, -0.2) is 9.59 Å². The van der Waals surface area contributed by atoms with Crippen molar-refractivity contribution in [2.45, 2.75) is 26.2 Å². The Morgan fingerprint density at radius 2 is 1.93 bits per heavy atom. The summed E-state index contributed by atoms with van der Waals surface area (Å²) in [4.78, 5) is 24.1. The fraction of sp³-hybridized carbons (Fsp3) is 0.263. The molecule has 1 aliphatic rings. The number of hydrogen-bond donors (Lipinski definition) is 2. The van der Waals surface area contributed by atoms with Crippen molar-refractivity contribution in [2.75, 3.05) is 7.11 Å². The first kappa shape index (κ1) is 19.6. The van der Waals surface area contributed by atoms with Gasteiger partial charge < -0.3 is 19.6 Å². The Kier molecular flexibility index (Phi) is 5.74. The Bertz CT molecular complexity index is 963. The fourth-order valence-electron chi connectivity index (χ4n) is 3.03. The highest BCUT2D eigenvalue weighted by atomic mass is 32.1. The minimum absolute atomic E-state index is 0.0656. The molecule has 0 unspecified atom stereocenters. The van der Waals surface area contributed by atoms with E-state index in [1.165, 1.54) is 31.4 Å². The normalized spacial score (nSPS) is 14.3. The van der Waals surface area contributed by atoms with Gasteiger partial charge in [-0.2, -0.15) is 5.10 Å². The minimum Gasteiger partial charge on any atom is -0.465 e. The van der Waals surface area contributed by atoms with Gasteiger partial charge in [-0.3, -0.25) is 5.43 Å². The van der Waals surface area contributed by atoms with E-state index < -0.39 is 11.9 Å². The van der Waals surface area contributed by atoms with Crippen LogP contribution in [-0.4, -0.2) is 29.9 Å². The quantitative estimate of drug-likeness (QED) is 0.347. The molecule has 0 radical (unpaired) electrons. The highest BCUT2D eigenvalue weighted by molar-refractivity contribution is 7.80. The maximum Gasteiger partial charge on any atom is 0.379 e. The van der Waals surface area contributed by atoms with Gasteiger partial charge >= 0.3 is 11.9 Å². The highest BCUT2D eigenvalue weighted by Crippen LogP contribution is 2.30. The third-order valence-electron chi connectivity index (χ3n) is 4.30. The van der Waals surface area contributed by atoms with Crippen molar-refractivity contribution >= 4 is 35.0 Å². The number of nitrogens with two attached hydrogens (primary N) is 1. The Hall–Kier alpha value is -3.20. The number of hydrazone groups is 1. The number of methoxy groups -OCH3 is 1. The molecule has 0 bridgehead atoms. The third kappa shape index (κ3) is 4.04. The van der Waals surface area contributed by atoms with Crippen molar-refractivity contribution in [1.29, 1.82) is 0 Å². The molecular weight excluding hydrogens is 382 g/mol. The number of carbonyl (C=O) groups is 2. The van der Waals surface area contributed by atoms with Crippen molar-refractivity contribution < 1.29 is 23.5 Å². The molecule has 0 spiro atoms. The molecule has 146 valence electrons. The van der Waals surface area contributed by atoms with Crippen LogP contribution >= 0.6 is 12.2 Å². The van der Waals surface area contributed by atoms with Crippen LogP contribution in [-0.2, 0) is 11.2 Å². The molecule has 0 atom stereocenters. The van der Waals surface area contributed by atoms with Crippen molar-refractivity contribution in [1.82, 2.24) is 5.43 Å². The molecule has 0 saturated carbocycles. The zero-order valence-electron chi connectivity index (χ0n) is 15.4. The second kappa shape index (κ2) is 8.22. The van der Waals surface area contributed by atoms with E-state index in [4.69, 9.17) is 27.1 Å². The lowest BCUT2D eigenvalue weighted by Crippen LogP contribution is -2.26. The van der Waals surface area contributed by atoms with E-state index in [2.05, 4.69) is 15.3 Å². The summed E-state index contributed by atoms with van der Waals surface area (Å²) < 4.78 is 15.8. The summed E-state index contributed by atoms with van der Waals surface area (Å²) in [6.45, 7) is 1.78. The highest BCUT2D eigenvalue weighted by Gasteiger charge is 2.29. The van der Waals surface area contributed by atoms with Crippen molar-refractivity contribution in [3.63, 3.8) is 0 Å². The van der Waals surface area contributed by atoms with Crippen LogP contribution in [0.2, 0.25) is 0 Å². The maximum atomic E-state index is 12.6. The Balaban J connectivity index is 1.82. The second-order valence-corrected chi connectivity index (χ2v) is 6.59. The van der Waals surface area contributed by atoms with Gasteiger partial charge in [0.1, 0.15) is 11.5 Å². The number of benzene rings is 1. The summed E-state index contributed by atoms with van der Waals surface area (Å²) in [5.74, 6) is -0.00754. The molecule has 1 aromatic carbocycles. The van der Waals surface area contributed by atoms with E-state index >= 15 is 0 Å². The van der Waals surface area contributed by atoms with E-state index in [0.717, 1.165) is 17.7 Å². The van der Waals surface area contributed by atoms with Crippen LogP contribution in [0.15, 0.2) is 33.8 Å². The summed E-state index contributed by atoms with van der Waals surface area (Å²) in [5, 5.41) is 4.29. The molecular formula is C19H19N3O5S. The number of fused-ring (bicyclic) bond motifs is 1. The van der Waals surface area contributed by atoms with Crippen LogP contribution in [0.25, 0.3) is 0 Å². The van der Waals surface area contributed by atoms with E-state index in [0.29, 0.717) is 29.7 Å². The SMILES string of the molecule is COC(=O)c1ccc(OC(=O)c2oc3c(c2C)/C(=N/NC(N)=S)CCC3)cc1. The molecule has 1 heterocycles. The Morgan fingerprint density at radius 1 is 1.21 bits per heavy atom. The van der Waals surface area contributed by atoms with Gasteiger partial charge in [0.2, 0.25) is 5.76 Å². The molecule has 0 amide bonds. The number of thiocarbonyl (C=S) groups is 1. The van der Waals surface area contributed by atoms with E-state index in [9.17, 15) is 9.59 Å². The summed E-state index contributed by atoms with van der Waals surface area (Å²) in [5.41, 5.74) is 10.5. The number of carbonyl (C=O) groups excluding carboxylic acids is 2. The molecule has 3 rings (SSSR count). The lowest BCUT2D eigenvalue weighted by atomic mass is 9.93. The molecule has 2 aromatic rings. The first-order chi connectivity index (χ1) is 13.4. The van der Waals surface area contributed by atoms with Crippen molar-refractivity contribution in [3.05, 3.63) is 52.5 Å². The molecule has 3 N–H and O–H groups in total. The number of ether oxygens (including phenoxy) is 2. The zero-order chi connectivity index (χ0) is 20.3. The van der Waals surface area contributed by atoms with Gasteiger partial charge in [0, 0.05) is 17.5 Å². The van der Waals surface area contributed by atoms with Crippen LogP contribution in [0.1, 0.15) is 50.6 Å². The molecule has 28 heavy (non-hydrogen) atoms. The average Bonchev–Trinajstić information content (AvgIpc) is 3.03. The van der Waals surface area contributed by atoms with Crippen LogP contribution < -0.4 is 15.9 Å². The number of aryl methyl sites for hydroxylation is 1. The summed E-state index contributed by atoms with van der Waals surface area (Å²) in [7, 11) is 1.30. The molecule has 1 aromatic heterocycles. The Morgan fingerprint density at radius 3 is 2.57 bits per heavy atom. The first-order valence-corrected chi connectivity index (χ1v) is 8.96. The fourth-order valence-corrected chi connectivity index (χ4v) is 3.07. The number of nitrogens with one attached hydrogen (secondary N) is 1. The number of rotatable bonds is 4. The van der Waals surface area contributed by atoms with Gasteiger partial charge in [-0.15, -0.1) is 0 Å². The molecule has 0 aliphatic heterocycles. The second-order valence-electron chi connectivity index (χ2n) is 6.15. The molecule has 9 heteroatoms. The van der Waals surface area contributed by atoms with E-state index in [1.807, 2.05) is 0 Å². The zero-order valence-corrected chi connectivity index (χ0v) is 16.2.